The molecule has 1 heterocycles. The number of rotatable bonds is 4. The second kappa shape index (κ2) is 6.52. The first-order chi connectivity index (χ1) is 8.75. The van der Waals surface area contributed by atoms with Gasteiger partial charge in [0.1, 0.15) is 4.32 Å². The molecule has 0 bridgehead atoms. The van der Waals surface area contributed by atoms with Crippen LogP contribution in [-0.2, 0) is 13.1 Å². The summed E-state index contributed by atoms with van der Waals surface area (Å²) in [5.74, 6) is 0. The molecular formula is C14H14N2S2. The van der Waals surface area contributed by atoms with Crippen molar-refractivity contribution in [2.75, 3.05) is 0 Å². The second-order valence-corrected chi connectivity index (χ2v) is 5.09. The summed E-state index contributed by atoms with van der Waals surface area (Å²) >= 11 is 9.49. The minimum atomic E-state index is 0.607. The lowest BCUT2D eigenvalue weighted by Crippen LogP contribution is -2.25. The topological polar surface area (TPSA) is 16.1 Å². The van der Waals surface area contributed by atoms with Gasteiger partial charge < -0.3 is 4.90 Å². The van der Waals surface area contributed by atoms with Crippen molar-refractivity contribution in [2.24, 2.45) is 0 Å². The fraction of sp³-hybridized carbons (Fsp3) is 0.143. The average molecular weight is 274 g/mol. The van der Waals surface area contributed by atoms with Gasteiger partial charge in [0.2, 0.25) is 0 Å². The van der Waals surface area contributed by atoms with Crippen molar-refractivity contribution in [1.29, 1.82) is 0 Å². The molecule has 0 aliphatic heterocycles. The maximum Gasteiger partial charge on any atom is 0.133 e. The normalized spacial score (nSPS) is 10.1. The monoisotopic (exact) mass is 274 g/mol. The highest BCUT2D eigenvalue weighted by Gasteiger charge is 2.07. The Morgan fingerprint density at radius 2 is 1.56 bits per heavy atom. The van der Waals surface area contributed by atoms with Gasteiger partial charge in [-0.25, -0.2) is 0 Å². The predicted octanol–water partition coefficient (Wildman–Crippen LogP) is 3.30. The maximum atomic E-state index is 5.19. The number of nitrogens with zero attached hydrogens (tertiary/aromatic N) is 2. The summed E-state index contributed by atoms with van der Waals surface area (Å²) in [5.41, 5.74) is 2.40. The molecule has 0 amide bonds. The lowest BCUT2D eigenvalue weighted by atomic mass is 10.2. The van der Waals surface area contributed by atoms with Gasteiger partial charge in [0.05, 0.1) is 0 Å². The Morgan fingerprint density at radius 3 is 2.11 bits per heavy atom. The van der Waals surface area contributed by atoms with E-state index in [-0.39, 0.29) is 0 Å². The number of thiocarbonyl (C=S) groups is 1. The molecule has 0 aliphatic rings. The minimum absolute atomic E-state index is 0.607. The van der Waals surface area contributed by atoms with Crippen molar-refractivity contribution in [3.05, 3.63) is 66.0 Å². The summed E-state index contributed by atoms with van der Waals surface area (Å²) in [4.78, 5) is 6.07. The van der Waals surface area contributed by atoms with E-state index in [2.05, 4.69) is 34.6 Å². The summed E-state index contributed by atoms with van der Waals surface area (Å²) in [7, 11) is 0. The van der Waals surface area contributed by atoms with E-state index >= 15 is 0 Å². The molecule has 1 aromatic heterocycles. The first kappa shape index (κ1) is 13.1. The van der Waals surface area contributed by atoms with Crippen molar-refractivity contribution in [2.45, 2.75) is 13.1 Å². The Morgan fingerprint density at radius 1 is 1.00 bits per heavy atom. The molecule has 0 saturated carbocycles. The lowest BCUT2D eigenvalue weighted by molar-refractivity contribution is 0.421. The van der Waals surface area contributed by atoms with Crippen LogP contribution in [0.1, 0.15) is 11.1 Å². The number of hydrogen-bond donors (Lipinski definition) is 1. The molecule has 2 rings (SSSR count). The molecule has 0 saturated heterocycles. The second-order valence-electron chi connectivity index (χ2n) is 3.98. The van der Waals surface area contributed by atoms with E-state index in [1.54, 1.807) is 12.4 Å². The van der Waals surface area contributed by atoms with E-state index in [4.69, 9.17) is 12.2 Å². The third-order valence-electron chi connectivity index (χ3n) is 2.61. The Hall–Kier alpha value is -1.39. The van der Waals surface area contributed by atoms with Crippen molar-refractivity contribution in [1.82, 2.24) is 9.88 Å². The number of thiol groups is 1. The van der Waals surface area contributed by atoms with Crippen LogP contribution in [0.5, 0.6) is 0 Å². The minimum Gasteiger partial charge on any atom is -0.349 e. The smallest absolute Gasteiger partial charge is 0.133 e. The van der Waals surface area contributed by atoms with Crippen LogP contribution in [0.15, 0.2) is 54.9 Å². The summed E-state index contributed by atoms with van der Waals surface area (Å²) in [6.45, 7) is 1.52. The van der Waals surface area contributed by atoms with Gasteiger partial charge in [0.15, 0.2) is 0 Å². The number of benzene rings is 1. The molecule has 0 fully saturated rings. The van der Waals surface area contributed by atoms with Crippen molar-refractivity contribution in [3.63, 3.8) is 0 Å². The maximum absolute atomic E-state index is 5.19. The summed E-state index contributed by atoms with van der Waals surface area (Å²) < 4.78 is 0.607. The highest BCUT2D eigenvalue weighted by molar-refractivity contribution is 8.10. The van der Waals surface area contributed by atoms with Crippen molar-refractivity contribution < 1.29 is 0 Å². The van der Waals surface area contributed by atoms with E-state index in [0.29, 0.717) is 4.32 Å². The van der Waals surface area contributed by atoms with Crippen LogP contribution >= 0.6 is 24.8 Å². The molecule has 92 valence electrons. The third-order valence-corrected chi connectivity index (χ3v) is 3.15. The van der Waals surface area contributed by atoms with Crippen LogP contribution in [0.2, 0.25) is 0 Å². The van der Waals surface area contributed by atoms with Gasteiger partial charge >= 0.3 is 0 Å². The first-order valence-electron chi connectivity index (χ1n) is 5.66. The molecule has 2 nitrogen and oxygen atoms in total. The summed E-state index contributed by atoms with van der Waals surface area (Å²) in [6, 6.07) is 14.2. The van der Waals surface area contributed by atoms with E-state index in [0.717, 1.165) is 13.1 Å². The standard InChI is InChI=1S/C14H14N2S2/c17-14(18)16(10-12-4-2-1-3-5-12)11-13-6-8-15-9-7-13/h1-9H,10-11H2,(H,17,18). The van der Waals surface area contributed by atoms with Gasteiger partial charge in [-0.2, -0.15) is 0 Å². The van der Waals surface area contributed by atoms with Gasteiger partial charge in [0, 0.05) is 25.5 Å². The molecule has 0 spiro atoms. The molecular weight excluding hydrogens is 260 g/mol. The van der Waals surface area contributed by atoms with Gasteiger partial charge in [-0.05, 0) is 23.3 Å². The molecule has 0 radical (unpaired) electrons. The third kappa shape index (κ3) is 3.82. The molecule has 1 aromatic carbocycles. The first-order valence-corrected chi connectivity index (χ1v) is 6.52. The average Bonchev–Trinajstić information content (AvgIpc) is 2.40. The van der Waals surface area contributed by atoms with Crippen LogP contribution in [-0.4, -0.2) is 14.2 Å². The zero-order chi connectivity index (χ0) is 12.8. The zero-order valence-electron chi connectivity index (χ0n) is 9.86. The number of hydrogen-bond acceptors (Lipinski definition) is 2. The Balaban J connectivity index is 2.08. The van der Waals surface area contributed by atoms with Crippen LogP contribution < -0.4 is 0 Å². The molecule has 0 unspecified atom stereocenters. The molecule has 18 heavy (non-hydrogen) atoms. The summed E-state index contributed by atoms with van der Waals surface area (Å²) in [6.07, 6.45) is 3.58. The van der Waals surface area contributed by atoms with Crippen LogP contribution in [0.25, 0.3) is 0 Å². The van der Waals surface area contributed by atoms with Gasteiger partial charge in [-0.15, -0.1) is 12.6 Å². The lowest BCUT2D eigenvalue weighted by Gasteiger charge is -2.22. The fourth-order valence-corrected chi connectivity index (χ4v) is 1.97. The Kier molecular flexibility index (Phi) is 4.73. The van der Waals surface area contributed by atoms with E-state index < -0.39 is 0 Å². The van der Waals surface area contributed by atoms with E-state index in [9.17, 15) is 0 Å². The molecule has 4 heteroatoms. The molecule has 2 aromatic rings. The predicted molar refractivity (Wildman–Crippen MR) is 81.5 cm³/mol. The highest BCUT2D eigenvalue weighted by atomic mass is 32.1. The molecule has 0 atom stereocenters. The Bertz CT molecular complexity index is 458. The highest BCUT2D eigenvalue weighted by Crippen LogP contribution is 2.11. The van der Waals surface area contributed by atoms with Crippen molar-refractivity contribution >= 4 is 29.2 Å². The fourth-order valence-electron chi connectivity index (χ4n) is 1.70. The number of pyridine rings is 1. The van der Waals surface area contributed by atoms with E-state index in [1.165, 1.54) is 11.1 Å². The van der Waals surface area contributed by atoms with Crippen LogP contribution in [0.4, 0.5) is 0 Å². The molecule has 0 aliphatic carbocycles. The number of aromatic nitrogens is 1. The van der Waals surface area contributed by atoms with Gasteiger partial charge in [-0.3, -0.25) is 4.98 Å². The quantitative estimate of drug-likeness (QED) is 0.680. The van der Waals surface area contributed by atoms with Gasteiger partial charge in [-0.1, -0.05) is 42.5 Å². The van der Waals surface area contributed by atoms with Crippen molar-refractivity contribution in [3.8, 4) is 0 Å². The summed E-state index contributed by atoms with van der Waals surface area (Å²) in [5, 5.41) is 0. The van der Waals surface area contributed by atoms with E-state index in [1.807, 2.05) is 30.3 Å². The van der Waals surface area contributed by atoms with Crippen LogP contribution in [0.3, 0.4) is 0 Å². The van der Waals surface area contributed by atoms with Crippen LogP contribution in [0, 0.1) is 0 Å². The van der Waals surface area contributed by atoms with Gasteiger partial charge in [0.25, 0.3) is 0 Å². The largest absolute Gasteiger partial charge is 0.349 e. The molecule has 0 N–H and O–H groups in total. The SMILES string of the molecule is S=C(S)N(Cc1ccccc1)Cc1ccncc1. The Labute approximate surface area is 118 Å². The zero-order valence-corrected chi connectivity index (χ0v) is 11.6.